The van der Waals surface area contributed by atoms with Gasteiger partial charge >= 0.3 is 0 Å². The van der Waals surface area contributed by atoms with Crippen molar-refractivity contribution in [3.8, 4) is 0 Å². The maximum atomic E-state index is 5.52. The Morgan fingerprint density at radius 3 is 2.44 bits per heavy atom. The average Bonchev–Trinajstić information content (AvgIpc) is 1.64. The topological polar surface area (TPSA) is 15.8 Å². The number of rotatable bonds is 0. The number of hydrogen-bond acceptors (Lipinski definition) is 1. The molecule has 9 heavy (non-hydrogen) atoms. The van der Waals surface area contributed by atoms with Crippen molar-refractivity contribution in [1.29, 1.82) is 0 Å². The van der Waals surface area contributed by atoms with E-state index in [1.165, 1.54) is 0 Å². The summed E-state index contributed by atoms with van der Waals surface area (Å²) in [5.41, 5.74) is 0. The monoisotopic (exact) mass is 168 g/mol. The van der Waals surface area contributed by atoms with Crippen molar-refractivity contribution < 1.29 is 0 Å². The molecule has 1 aromatic heterocycles. The van der Waals surface area contributed by atoms with Crippen LogP contribution < -0.4 is 0 Å². The average molecular weight is 169 g/mol. The Bertz CT molecular complexity index is 234. The van der Waals surface area contributed by atoms with Crippen LogP contribution >= 0.6 is 23.8 Å². The predicted octanol–water partition coefficient (Wildman–Crippen LogP) is 2.02. The Hall–Kier alpha value is 0.660. The largest absolute Gasteiger partial charge is 0.337 e. The molecule has 0 spiro atoms. The van der Waals surface area contributed by atoms with Crippen LogP contribution in [0.25, 0.3) is 0 Å². The third-order valence-electron chi connectivity index (χ3n) is 0.733. The Kier molecular flexibility index (Phi) is 4.80. The molecule has 4 heteroatoms. The number of H-pyrrole nitrogens is 1. The van der Waals surface area contributed by atoms with Gasteiger partial charge in [-0.25, -0.2) is 0 Å². The van der Waals surface area contributed by atoms with Gasteiger partial charge in [-0.1, -0.05) is 29.9 Å². The van der Waals surface area contributed by atoms with E-state index in [0.29, 0.717) is 9.79 Å². The minimum Gasteiger partial charge on any atom is -0.337 e. The third-order valence-corrected chi connectivity index (χ3v) is 1.19. The predicted molar refractivity (Wildman–Crippen MR) is 42.4 cm³/mol. The second-order valence-corrected chi connectivity index (χ2v) is 2.21. The van der Waals surface area contributed by atoms with Crippen molar-refractivity contribution in [3.63, 3.8) is 0 Å². The second-order valence-electron chi connectivity index (χ2n) is 1.36. The zero-order valence-electron chi connectivity index (χ0n) is 5.02. The molecule has 1 heterocycles. The molecule has 0 aliphatic heterocycles. The quantitative estimate of drug-likeness (QED) is 0.356. The summed E-state index contributed by atoms with van der Waals surface area (Å²) in [6.45, 7) is 0. The van der Waals surface area contributed by atoms with Crippen molar-refractivity contribution >= 4 is 53.4 Å². The van der Waals surface area contributed by atoms with Gasteiger partial charge in [0.25, 0.3) is 0 Å². The molecule has 1 nitrogen and oxygen atoms in total. The van der Waals surface area contributed by atoms with E-state index in [9.17, 15) is 0 Å². The van der Waals surface area contributed by atoms with Gasteiger partial charge in [-0.3, -0.25) is 0 Å². The van der Waals surface area contributed by atoms with Gasteiger partial charge in [0, 0.05) is 29.6 Å². The van der Waals surface area contributed by atoms with E-state index in [4.69, 9.17) is 23.8 Å². The van der Waals surface area contributed by atoms with Gasteiger partial charge in [-0.15, -0.1) is 0 Å². The summed E-state index contributed by atoms with van der Waals surface area (Å²) >= 11 is 10.3. The fourth-order valence-corrected chi connectivity index (χ4v) is 0.840. The molecule has 0 aromatic carbocycles. The van der Waals surface area contributed by atoms with Gasteiger partial charge < -0.3 is 4.98 Å². The SMILES string of the molecule is S=c1cccc(Cl)[nH]1.[Na]. The van der Waals surface area contributed by atoms with Gasteiger partial charge in [-0.2, -0.15) is 0 Å². The summed E-state index contributed by atoms with van der Waals surface area (Å²) in [5, 5.41) is 0.581. The maximum absolute atomic E-state index is 5.52. The van der Waals surface area contributed by atoms with Crippen LogP contribution in [0, 0.1) is 4.64 Å². The normalized spacial score (nSPS) is 8.11. The Balaban J connectivity index is 0.000000640. The fourth-order valence-electron chi connectivity index (χ4n) is 0.421. The van der Waals surface area contributed by atoms with Gasteiger partial charge in [-0.05, 0) is 12.1 Å². The summed E-state index contributed by atoms with van der Waals surface area (Å²) in [4.78, 5) is 2.75. The van der Waals surface area contributed by atoms with E-state index in [1.807, 2.05) is 0 Å². The molecule has 43 valence electrons. The maximum Gasteiger partial charge on any atom is 0.107 e. The van der Waals surface area contributed by atoms with Crippen LogP contribution in [-0.4, -0.2) is 34.5 Å². The van der Waals surface area contributed by atoms with Crippen LogP contribution in [0.5, 0.6) is 0 Å². The Labute approximate surface area is 85.7 Å². The molecular formula is C5H4ClNNaS. The van der Waals surface area contributed by atoms with Gasteiger partial charge in [0.05, 0.1) is 0 Å². The molecule has 0 saturated heterocycles. The zero-order chi connectivity index (χ0) is 5.98. The summed E-state index contributed by atoms with van der Waals surface area (Å²) in [7, 11) is 0. The molecule has 0 saturated carbocycles. The van der Waals surface area contributed by atoms with Crippen LogP contribution in [0.1, 0.15) is 0 Å². The zero-order valence-corrected chi connectivity index (χ0v) is 8.59. The van der Waals surface area contributed by atoms with Crippen LogP contribution in [0.3, 0.4) is 0 Å². The molecule has 0 fully saturated rings. The van der Waals surface area contributed by atoms with Crippen LogP contribution in [0.4, 0.5) is 0 Å². The van der Waals surface area contributed by atoms with E-state index >= 15 is 0 Å². The van der Waals surface area contributed by atoms with Crippen molar-refractivity contribution in [2.75, 3.05) is 0 Å². The van der Waals surface area contributed by atoms with Crippen molar-refractivity contribution in [3.05, 3.63) is 28.0 Å². The summed E-state index contributed by atoms with van der Waals surface area (Å²) in [6, 6.07) is 5.33. The number of nitrogens with one attached hydrogen (secondary N) is 1. The molecule has 1 aromatic rings. The summed E-state index contributed by atoms with van der Waals surface area (Å²) in [6.07, 6.45) is 0. The summed E-state index contributed by atoms with van der Waals surface area (Å²) in [5.74, 6) is 0. The van der Waals surface area contributed by atoms with E-state index in [0.717, 1.165) is 0 Å². The van der Waals surface area contributed by atoms with Gasteiger partial charge in [0.15, 0.2) is 0 Å². The molecule has 0 atom stereocenters. The molecule has 0 aliphatic rings. The van der Waals surface area contributed by atoms with E-state index in [2.05, 4.69) is 4.98 Å². The number of aromatic amines is 1. The number of hydrogen-bond donors (Lipinski definition) is 1. The van der Waals surface area contributed by atoms with E-state index in [1.54, 1.807) is 18.2 Å². The van der Waals surface area contributed by atoms with Crippen molar-refractivity contribution in [1.82, 2.24) is 4.98 Å². The summed E-state index contributed by atoms with van der Waals surface area (Å²) < 4.78 is 0.664. The molecule has 0 aliphatic carbocycles. The smallest absolute Gasteiger partial charge is 0.107 e. The molecule has 1 N–H and O–H groups in total. The van der Waals surface area contributed by atoms with Crippen LogP contribution in [0.15, 0.2) is 18.2 Å². The first-order valence-corrected chi connectivity index (χ1v) is 2.92. The van der Waals surface area contributed by atoms with Crippen LogP contribution in [0.2, 0.25) is 5.15 Å². The second kappa shape index (κ2) is 4.47. The van der Waals surface area contributed by atoms with Gasteiger partial charge in [0.1, 0.15) is 9.79 Å². The first-order valence-electron chi connectivity index (χ1n) is 2.14. The Morgan fingerprint density at radius 1 is 1.44 bits per heavy atom. The molecule has 0 amide bonds. The first-order chi connectivity index (χ1) is 3.79. The minimum absolute atomic E-state index is 0. The molecule has 1 rings (SSSR count). The van der Waals surface area contributed by atoms with Crippen molar-refractivity contribution in [2.24, 2.45) is 0 Å². The number of aromatic nitrogens is 1. The van der Waals surface area contributed by atoms with Gasteiger partial charge in [0.2, 0.25) is 0 Å². The number of pyridine rings is 1. The van der Waals surface area contributed by atoms with Crippen LogP contribution in [-0.2, 0) is 0 Å². The molecule has 0 unspecified atom stereocenters. The van der Waals surface area contributed by atoms with E-state index < -0.39 is 0 Å². The first kappa shape index (κ1) is 9.66. The molecule has 0 bridgehead atoms. The minimum atomic E-state index is 0. The standard InChI is InChI=1S/C5H4ClNS.Na/c6-4-2-1-3-5(8)7-4;/h1-3H,(H,7,8);. The fraction of sp³-hybridized carbons (Fsp3) is 0. The third kappa shape index (κ3) is 3.38. The van der Waals surface area contributed by atoms with E-state index in [-0.39, 0.29) is 29.6 Å². The Morgan fingerprint density at radius 2 is 2.11 bits per heavy atom. The van der Waals surface area contributed by atoms with Crippen molar-refractivity contribution in [2.45, 2.75) is 0 Å². The molecular weight excluding hydrogens is 165 g/mol. The number of halogens is 1. The molecule has 1 radical (unpaired) electrons.